The zero-order chi connectivity index (χ0) is 17.6. The summed E-state index contributed by atoms with van der Waals surface area (Å²) in [5, 5.41) is 12.8. The fourth-order valence-electron chi connectivity index (χ4n) is 2.30. The fourth-order valence-corrected chi connectivity index (χ4v) is 2.67. The Hall–Kier alpha value is -3.17. The molecule has 0 saturated carbocycles. The van der Waals surface area contributed by atoms with Crippen molar-refractivity contribution >= 4 is 23.5 Å². The summed E-state index contributed by atoms with van der Waals surface area (Å²) in [5.74, 6) is -0.101. The molecule has 3 aromatic rings. The van der Waals surface area contributed by atoms with Crippen molar-refractivity contribution in [2.75, 3.05) is 11.6 Å². The van der Waals surface area contributed by atoms with Gasteiger partial charge in [0.15, 0.2) is 11.0 Å². The maximum Gasteiger partial charge on any atom is 0.256 e. The second kappa shape index (κ2) is 7.60. The lowest BCUT2D eigenvalue weighted by Gasteiger charge is -2.11. The van der Waals surface area contributed by atoms with Gasteiger partial charge in [0, 0.05) is 11.1 Å². The molecule has 1 N–H and O–H groups in total. The molecule has 0 unspecified atom stereocenters. The first-order chi connectivity index (χ1) is 12.2. The summed E-state index contributed by atoms with van der Waals surface area (Å²) in [6.45, 7) is 0. The van der Waals surface area contributed by atoms with E-state index < -0.39 is 0 Å². The van der Waals surface area contributed by atoms with Gasteiger partial charge in [-0.15, -0.1) is 0 Å². The predicted molar refractivity (Wildman–Crippen MR) is 98.4 cm³/mol. The number of amides is 1. The Kier molecular flexibility index (Phi) is 5.07. The monoisotopic (exact) mass is 346 g/mol. The first-order valence-corrected chi connectivity index (χ1v) is 8.73. The number of nitriles is 1. The van der Waals surface area contributed by atoms with Gasteiger partial charge in [0.2, 0.25) is 0 Å². The van der Waals surface area contributed by atoms with Gasteiger partial charge in [-0.1, -0.05) is 60.3 Å². The number of anilines is 1. The van der Waals surface area contributed by atoms with Gasteiger partial charge in [-0.25, -0.2) is 9.97 Å². The number of aromatic nitrogens is 2. The standard InChI is InChI=1S/C19H14N4OS/c1-25-19-21-16(13-8-4-2-5-9-13)15(12-20)17(23-19)22-18(24)14-10-6-3-7-11-14/h2-11H,1H3,(H,21,22,23,24). The third-order valence-electron chi connectivity index (χ3n) is 3.50. The van der Waals surface area contributed by atoms with E-state index in [2.05, 4.69) is 21.4 Å². The van der Waals surface area contributed by atoms with Crippen LogP contribution in [0, 0.1) is 11.3 Å². The highest BCUT2D eigenvalue weighted by molar-refractivity contribution is 7.98. The molecule has 0 aliphatic carbocycles. The van der Waals surface area contributed by atoms with Gasteiger partial charge in [0.05, 0.1) is 5.69 Å². The minimum atomic E-state index is -0.318. The maximum absolute atomic E-state index is 12.4. The molecule has 25 heavy (non-hydrogen) atoms. The van der Waals surface area contributed by atoms with E-state index in [1.54, 1.807) is 24.3 Å². The number of thioether (sulfide) groups is 1. The molecular weight excluding hydrogens is 332 g/mol. The SMILES string of the molecule is CSc1nc(NC(=O)c2ccccc2)c(C#N)c(-c2ccccc2)n1. The summed E-state index contributed by atoms with van der Waals surface area (Å²) in [6.07, 6.45) is 1.85. The molecule has 0 aliphatic heterocycles. The molecule has 0 spiro atoms. The highest BCUT2D eigenvalue weighted by Crippen LogP contribution is 2.28. The number of hydrogen-bond donors (Lipinski definition) is 1. The van der Waals surface area contributed by atoms with E-state index in [-0.39, 0.29) is 17.3 Å². The molecule has 1 aromatic heterocycles. The number of nitrogens with zero attached hydrogens (tertiary/aromatic N) is 3. The van der Waals surface area contributed by atoms with E-state index in [9.17, 15) is 10.1 Å². The average molecular weight is 346 g/mol. The van der Waals surface area contributed by atoms with E-state index in [4.69, 9.17) is 0 Å². The lowest BCUT2D eigenvalue weighted by Crippen LogP contribution is -2.15. The average Bonchev–Trinajstić information content (AvgIpc) is 2.68. The smallest absolute Gasteiger partial charge is 0.256 e. The van der Waals surface area contributed by atoms with Gasteiger partial charge >= 0.3 is 0 Å². The summed E-state index contributed by atoms with van der Waals surface area (Å²) in [5.41, 5.74) is 2.04. The minimum absolute atomic E-state index is 0.217. The van der Waals surface area contributed by atoms with Crippen molar-refractivity contribution in [3.05, 3.63) is 71.8 Å². The van der Waals surface area contributed by atoms with Crippen LogP contribution in [0.15, 0.2) is 65.8 Å². The molecule has 122 valence electrons. The zero-order valence-electron chi connectivity index (χ0n) is 13.4. The van der Waals surface area contributed by atoms with Crippen LogP contribution in [0.3, 0.4) is 0 Å². The largest absolute Gasteiger partial charge is 0.305 e. The molecule has 3 rings (SSSR count). The first kappa shape index (κ1) is 16.7. The van der Waals surface area contributed by atoms with Crippen molar-refractivity contribution in [2.24, 2.45) is 0 Å². The number of nitrogens with one attached hydrogen (secondary N) is 1. The van der Waals surface area contributed by atoms with Crippen LogP contribution in [-0.2, 0) is 0 Å². The lowest BCUT2D eigenvalue weighted by atomic mass is 10.1. The fraction of sp³-hybridized carbons (Fsp3) is 0.0526. The van der Waals surface area contributed by atoms with E-state index in [1.165, 1.54) is 11.8 Å². The van der Waals surface area contributed by atoms with Gasteiger partial charge in [0.1, 0.15) is 11.6 Å². The Bertz CT molecular complexity index is 937. The molecule has 0 aliphatic rings. The molecule has 2 aromatic carbocycles. The second-order valence-electron chi connectivity index (χ2n) is 5.08. The van der Waals surface area contributed by atoms with E-state index in [0.29, 0.717) is 16.4 Å². The molecule has 6 heteroatoms. The molecule has 0 radical (unpaired) electrons. The summed E-state index contributed by atoms with van der Waals surface area (Å²) in [4.78, 5) is 21.2. The van der Waals surface area contributed by atoms with Gasteiger partial charge in [-0.2, -0.15) is 5.26 Å². The van der Waals surface area contributed by atoms with Crippen LogP contribution in [0.1, 0.15) is 15.9 Å². The number of carbonyl (C=O) groups excluding carboxylic acids is 1. The topological polar surface area (TPSA) is 78.7 Å². The Morgan fingerprint density at radius 1 is 1.04 bits per heavy atom. The minimum Gasteiger partial charge on any atom is -0.305 e. The highest BCUT2D eigenvalue weighted by atomic mass is 32.2. The first-order valence-electron chi connectivity index (χ1n) is 7.51. The third kappa shape index (κ3) is 3.67. The molecule has 0 atom stereocenters. The zero-order valence-corrected chi connectivity index (χ0v) is 14.2. The highest BCUT2D eigenvalue weighted by Gasteiger charge is 2.18. The summed E-state index contributed by atoms with van der Waals surface area (Å²) in [6, 6.07) is 20.3. The van der Waals surface area contributed by atoms with E-state index in [0.717, 1.165) is 5.56 Å². The number of rotatable bonds is 4. The van der Waals surface area contributed by atoms with Crippen LogP contribution in [0.4, 0.5) is 5.82 Å². The van der Waals surface area contributed by atoms with Crippen molar-refractivity contribution in [3.8, 4) is 17.3 Å². The van der Waals surface area contributed by atoms with Gasteiger partial charge < -0.3 is 5.32 Å². The lowest BCUT2D eigenvalue weighted by molar-refractivity contribution is 0.102. The van der Waals surface area contributed by atoms with Gasteiger partial charge in [-0.3, -0.25) is 4.79 Å². The number of hydrogen-bond acceptors (Lipinski definition) is 5. The van der Waals surface area contributed by atoms with Crippen molar-refractivity contribution < 1.29 is 4.79 Å². The molecule has 0 fully saturated rings. The van der Waals surface area contributed by atoms with Crippen molar-refractivity contribution in [1.29, 1.82) is 5.26 Å². The summed E-state index contributed by atoms with van der Waals surface area (Å²) < 4.78 is 0. The van der Waals surface area contributed by atoms with Crippen LogP contribution < -0.4 is 5.32 Å². The molecule has 1 heterocycles. The normalized spacial score (nSPS) is 10.1. The van der Waals surface area contributed by atoms with Crippen LogP contribution in [-0.4, -0.2) is 22.1 Å². The number of benzene rings is 2. The molecule has 0 saturated heterocycles. The molecule has 1 amide bonds. The van der Waals surface area contributed by atoms with Crippen molar-refractivity contribution in [1.82, 2.24) is 9.97 Å². The quantitative estimate of drug-likeness (QED) is 0.571. The van der Waals surface area contributed by atoms with Crippen molar-refractivity contribution in [3.63, 3.8) is 0 Å². The summed E-state index contributed by atoms with van der Waals surface area (Å²) >= 11 is 1.35. The molecular formula is C19H14N4OS. The molecule has 0 bridgehead atoms. The second-order valence-corrected chi connectivity index (χ2v) is 5.85. The third-order valence-corrected chi connectivity index (χ3v) is 4.05. The van der Waals surface area contributed by atoms with Crippen LogP contribution in [0.5, 0.6) is 0 Å². The Morgan fingerprint density at radius 2 is 1.68 bits per heavy atom. The Labute approximate surface area is 149 Å². The van der Waals surface area contributed by atoms with Gasteiger partial charge in [0.25, 0.3) is 5.91 Å². The maximum atomic E-state index is 12.4. The van der Waals surface area contributed by atoms with Crippen LogP contribution in [0.2, 0.25) is 0 Å². The van der Waals surface area contributed by atoms with Crippen molar-refractivity contribution in [2.45, 2.75) is 5.16 Å². The Morgan fingerprint density at radius 3 is 2.28 bits per heavy atom. The molecule has 5 nitrogen and oxygen atoms in total. The van der Waals surface area contributed by atoms with Gasteiger partial charge in [-0.05, 0) is 18.4 Å². The van der Waals surface area contributed by atoms with E-state index >= 15 is 0 Å². The van der Waals surface area contributed by atoms with E-state index in [1.807, 2.05) is 42.7 Å². The van der Waals surface area contributed by atoms with Crippen LogP contribution in [0.25, 0.3) is 11.3 Å². The summed E-state index contributed by atoms with van der Waals surface area (Å²) in [7, 11) is 0. The number of carbonyl (C=O) groups is 1. The predicted octanol–water partition coefficient (Wildman–Crippen LogP) is 3.99. The van der Waals surface area contributed by atoms with Crippen LogP contribution >= 0.6 is 11.8 Å². The Balaban J connectivity index is 2.07.